The standard InChI is InChI=1S/C8H12N2O2/c9-6(4-5-11)7-2-1-3-8(12)10-7/h1-3,6,11H,4-5,9H2,(H,10,12)/t6-/m0/s1. The first-order valence-electron chi connectivity index (χ1n) is 3.79. The summed E-state index contributed by atoms with van der Waals surface area (Å²) in [5.74, 6) is 0. The zero-order chi connectivity index (χ0) is 8.97. The van der Waals surface area contributed by atoms with Crippen LogP contribution in [0.1, 0.15) is 18.2 Å². The van der Waals surface area contributed by atoms with Gasteiger partial charge >= 0.3 is 0 Å². The third-order valence-corrected chi connectivity index (χ3v) is 1.63. The third-order valence-electron chi connectivity index (χ3n) is 1.63. The predicted molar refractivity (Wildman–Crippen MR) is 45.7 cm³/mol. The Balaban J connectivity index is 2.80. The Morgan fingerprint density at radius 3 is 2.92 bits per heavy atom. The van der Waals surface area contributed by atoms with Gasteiger partial charge in [-0.25, -0.2) is 0 Å². The summed E-state index contributed by atoms with van der Waals surface area (Å²) >= 11 is 0. The van der Waals surface area contributed by atoms with Gasteiger partial charge in [-0.1, -0.05) is 6.07 Å². The second kappa shape index (κ2) is 4.04. The van der Waals surface area contributed by atoms with Crippen molar-refractivity contribution in [3.8, 4) is 0 Å². The SMILES string of the molecule is N[C@@H](CCO)c1cccc(=O)[nH]1. The zero-order valence-corrected chi connectivity index (χ0v) is 6.66. The molecule has 0 unspecified atom stereocenters. The molecule has 0 spiro atoms. The fourth-order valence-electron chi connectivity index (χ4n) is 0.976. The topological polar surface area (TPSA) is 79.1 Å². The molecule has 66 valence electrons. The molecular weight excluding hydrogens is 156 g/mol. The average Bonchev–Trinajstić information content (AvgIpc) is 2.05. The highest BCUT2D eigenvalue weighted by Gasteiger charge is 2.04. The Morgan fingerprint density at radius 1 is 1.58 bits per heavy atom. The molecule has 4 nitrogen and oxygen atoms in total. The number of aliphatic hydroxyl groups is 1. The third kappa shape index (κ3) is 2.18. The molecule has 0 saturated heterocycles. The minimum atomic E-state index is -0.288. The summed E-state index contributed by atoms with van der Waals surface area (Å²) in [4.78, 5) is 13.4. The Labute approximate surface area is 70.0 Å². The number of aromatic nitrogens is 1. The Hall–Kier alpha value is -1.13. The van der Waals surface area contributed by atoms with Gasteiger partial charge in [-0.05, 0) is 12.5 Å². The van der Waals surface area contributed by atoms with E-state index >= 15 is 0 Å². The lowest BCUT2D eigenvalue weighted by Crippen LogP contribution is -2.17. The lowest BCUT2D eigenvalue weighted by atomic mass is 10.1. The summed E-state index contributed by atoms with van der Waals surface area (Å²) < 4.78 is 0. The number of hydrogen-bond acceptors (Lipinski definition) is 3. The summed E-state index contributed by atoms with van der Waals surface area (Å²) in [6.07, 6.45) is 0.458. The van der Waals surface area contributed by atoms with Crippen molar-refractivity contribution in [1.29, 1.82) is 0 Å². The van der Waals surface area contributed by atoms with E-state index in [1.165, 1.54) is 6.07 Å². The van der Waals surface area contributed by atoms with Gasteiger partial charge in [0.25, 0.3) is 0 Å². The van der Waals surface area contributed by atoms with E-state index < -0.39 is 0 Å². The van der Waals surface area contributed by atoms with Gasteiger partial charge in [0.05, 0.1) is 0 Å². The monoisotopic (exact) mass is 168 g/mol. The summed E-state index contributed by atoms with van der Waals surface area (Å²) in [6.45, 7) is 0.0259. The molecule has 0 aliphatic rings. The van der Waals surface area contributed by atoms with Crippen molar-refractivity contribution in [2.24, 2.45) is 5.73 Å². The number of hydrogen-bond donors (Lipinski definition) is 3. The quantitative estimate of drug-likeness (QED) is 0.582. The van der Waals surface area contributed by atoms with Gasteiger partial charge in [0, 0.05) is 24.4 Å². The van der Waals surface area contributed by atoms with Crippen LogP contribution in [0.15, 0.2) is 23.0 Å². The van der Waals surface area contributed by atoms with Gasteiger partial charge in [0.15, 0.2) is 0 Å². The highest BCUT2D eigenvalue weighted by molar-refractivity contribution is 5.07. The molecule has 12 heavy (non-hydrogen) atoms. The number of nitrogens with one attached hydrogen (secondary N) is 1. The molecular formula is C8H12N2O2. The molecule has 0 bridgehead atoms. The summed E-state index contributed by atoms with van der Waals surface area (Å²) in [5, 5.41) is 8.60. The number of nitrogens with two attached hydrogens (primary N) is 1. The predicted octanol–water partition coefficient (Wildman–Crippen LogP) is -0.243. The van der Waals surface area contributed by atoms with E-state index in [4.69, 9.17) is 10.8 Å². The normalized spacial score (nSPS) is 12.8. The van der Waals surface area contributed by atoms with Gasteiger partial charge < -0.3 is 15.8 Å². The molecule has 4 heteroatoms. The Bertz CT molecular complexity index is 295. The molecule has 4 N–H and O–H groups in total. The van der Waals surface area contributed by atoms with Crippen LogP contribution in [0.25, 0.3) is 0 Å². The largest absolute Gasteiger partial charge is 0.396 e. The number of pyridine rings is 1. The van der Waals surface area contributed by atoms with Gasteiger partial charge in [-0.3, -0.25) is 4.79 Å². The summed E-state index contributed by atoms with van der Waals surface area (Å²) in [7, 11) is 0. The van der Waals surface area contributed by atoms with Crippen LogP contribution in [0.3, 0.4) is 0 Å². The second-order valence-electron chi connectivity index (χ2n) is 2.59. The lowest BCUT2D eigenvalue weighted by Gasteiger charge is -2.08. The van der Waals surface area contributed by atoms with Crippen molar-refractivity contribution in [1.82, 2.24) is 4.98 Å². The molecule has 0 aliphatic carbocycles. The van der Waals surface area contributed by atoms with E-state index in [9.17, 15) is 4.79 Å². The van der Waals surface area contributed by atoms with E-state index in [-0.39, 0.29) is 18.2 Å². The van der Waals surface area contributed by atoms with Crippen LogP contribution in [-0.4, -0.2) is 16.7 Å². The highest BCUT2D eigenvalue weighted by Crippen LogP contribution is 2.07. The number of H-pyrrole nitrogens is 1. The Kier molecular flexibility index (Phi) is 3.01. The van der Waals surface area contributed by atoms with Crippen LogP contribution in [0.5, 0.6) is 0 Å². The van der Waals surface area contributed by atoms with E-state index in [0.717, 1.165) is 0 Å². The van der Waals surface area contributed by atoms with Crippen molar-refractivity contribution in [3.63, 3.8) is 0 Å². The van der Waals surface area contributed by atoms with Crippen molar-refractivity contribution in [3.05, 3.63) is 34.2 Å². The number of aliphatic hydroxyl groups excluding tert-OH is 1. The molecule has 1 heterocycles. The minimum Gasteiger partial charge on any atom is -0.396 e. The van der Waals surface area contributed by atoms with Crippen molar-refractivity contribution < 1.29 is 5.11 Å². The minimum absolute atomic E-state index is 0.0259. The maximum absolute atomic E-state index is 10.8. The van der Waals surface area contributed by atoms with Gasteiger partial charge in [0.2, 0.25) is 5.56 Å². The van der Waals surface area contributed by atoms with Crippen molar-refractivity contribution in [2.45, 2.75) is 12.5 Å². The number of rotatable bonds is 3. The van der Waals surface area contributed by atoms with E-state index in [2.05, 4.69) is 4.98 Å². The fourth-order valence-corrected chi connectivity index (χ4v) is 0.976. The maximum Gasteiger partial charge on any atom is 0.248 e. The smallest absolute Gasteiger partial charge is 0.248 e. The molecule has 0 saturated carbocycles. The first kappa shape index (κ1) is 8.96. The van der Waals surface area contributed by atoms with Crippen molar-refractivity contribution in [2.75, 3.05) is 6.61 Å². The molecule has 1 rings (SSSR count). The van der Waals surface area contributed by atoms with Gasteiger partial charge in [0.1, 0.15) is 0 Å². The van der Waals surface area contributed by atoms with Crippen LogP contribution in [0.2, 0.25) is 0 Å². The molecule has 0 fully saturated rings. The molecule has 0 amide bonds. The summed E-state index contributed by atoms with van der Waals surface area (Å²) in [6, 6.07) is 4.52. The van der Waals surface area contributed by atoms with E-state index in [1.807, 2.05) is 0 Å². The zero-order valence-electron chi connectivity index (χ0n) is 6.66. The first-order chi connectivity index (χ1) is 5.74. The van der Waals surface area contributed by atoms with E-state index in [1.54, 1.807) is 12.1 Å². The molecule has 1 atom stereocenters. The van der Waals surface area contributed by atoms with Crippen LogP contribution in [0.4, 0.5) is 0 Å². The fraction of sp³-hybridized carbons (Fsp3) is 0.375. The second-order valence-corrected chi connectivity index (χ2v) is 2.59. The van der Waals surface area contributed by atoms with E-state index in [0.29, 0.717) is 12.1 Å². The summed E-state index contributed by atoms with van der Waals surface area (Å²) in [5.41, 5.74) is 6.14. The molecule has 0 aliphatic heterocycles. The van der Waals surface area contributed by atoms with Crippen molar-refractivity contribution >= 4 is 0 Å². The van der Waals surface area contributed by atoms with Gasteiger partial charge in [-0.15, -0.1) is 0 Å². The maximum atomic E-state index is 10.8. The first-order valence-corrected chi connectivity index (χ1v) is 3.79. The molecule has 1 aromatic rings. The lowest BCUT2D eigenvalue weighted by molar-refractivity contribution is 0.275. The van der Waals surface area contributed by atoms with Crippen LogP contribution in [0, 0.1) is 0 Å². The Morgan fingerprint density at radius 2 is 2.33 bits per heavy atom. The van der Waals surface area contributed by atoms with Crippen LogP contribution in [-0.2, 0) is 0 Å². The van der Waals surface area contributed by atoms with Crippen LogP contribution < -0.4 is 11.3 Å². The number of aromatic amines is 1. The van der Waals surface area contributed by atoms with Gasteiger partial charge in [-0.2, -0.15) is 0 Å². The van der Waals surface area contributed by atoms with Crippen LogP contribution >= 0.6 is 0 Å². The molecule has 1 aromatic heterocycles. The average molecular weight is 168 g/mol. The molecule has 0 radical (unpaired) electrons. The molecule has 0 aromatic carbocycles. The highest BCUT2D eigenvalue weighted by atomic mass is 16.3.